The summed E-state index contributed by atoms with van der Waals surface area (Å²) >= 11 is 0. The molecule has 0 aliphatic heterocycles. The predicted molar refractivity (Wildman–Crippen MR) is 51.7 cm³/mol. The molecule has 0 aromatic carbocycles. The van der Waals surface area contributed by atoms with Crippen LogP contribution in [-0.4, -0.2) is 21.3 Å². The number of aryl methyl sites for hydroxylation is 1. The number of hydrogen-bond donors (Lipinski definition) is 2. The summed E-state index contributed by atoms with van der Waals surface area (Å²) in [4.78, 5) is 27.2. The van der Waals surface area contributed by atoms with Crippen LogP contribution in [0, 0.1) is 6.92 Å². The molecule has 1 heterocycles. The minimum absolute atomic E-state index is 0.0178. The van der Waals surface area contributed by atoms with Crippen LogP contribution in [0.4, 0.5) is 0 Å². The monoisotopic (exact) mass is 246 g/mol. The third kappa shape index (κ3) is 3.04. The average Bonchev–Trinajstić information content (AvgIpc) is 2.23. The van der Waals surface area contributed by atoms with Crippen LogP contribution in [0.1, 0.15) is 21.6 Å². The molecule has 0 spiro atoms. The fourth-order valence-corrected chi connectivity index (χ4v) is 1.18. The molecule has 0 radical (unpaired) electrons. The van der Waals surface area contributed by atoms with Crippen molar-refractivity contribution in [3.8, 4) is 5.75 Å². The van der Waals surface area contributed by atoms with Gasteiger partial charge in [-0.1, -0.05) is 0 Å². The molecular formula is C8H9NO6P+. The second-order valence-electron chi connectivity index (χ2n) is 2.82. The van der Waals surface area contributed by atoms with Gasteiger partial charge in [0.1, 0.15) is 12.4 Å². The number of aldehydes is 1. The van der Waals surface area contributed by atoms with Crippen LogP contribution < -0.4 is 0 Å². The van der Waals surface area contributed by atoms with E-state index in [1.807, 2.05) is 0 Å². The molecule has 2 N–H and O–H groups in total. The average molecular weight is 246 g/mol. The summed E-state index contributed by atoms with van der Waals surface area (Å²) in [5.41, 5.74) is 0.583. The highest BCUT2D eigenvalue weighted by atomic mass is 31.1. The molecule has 0 bridgehead atoms. The van der Waals surface area contributed by atoms with Gasteiger partial charge in [-0.15, -0.1) is 4.89 Å². The lowest BCUT2D eigenvalue weighted by Crippen LogP contribution is -1.99. The normalized spacial score (nSPS) is 11.2. The standard InChI is InChI=1S/C8H8NO6P/c1-5-8(11)7(3-10)6(2-9-5)4-14-15-16(12)13/h2-3H,4H2,1H3,(H-,10,11,12,13)/p+1. The summed E-state index contributed by atoms with van der Waals surface area (Å²) < 4.78 is 14.1. The lowest BCUT2D eigenvalue weighted by atomic mass is 10.1. The van der Waals surface area contributed by atoms with Gasteiger partial charge in [0.15, 0.2) is 6.29 Å². The van der Waals surface area contributed by atoms with Gasteiger partial charge in [-0.2, -0.15) is 4.89 Å². The van der Waals surface area contributed by atoms with E-state index in [9.17, 15) is 14.5 Å². The molecule has 1 unspecified atom stereocenters. The van der Waals surface area contributed by atoms with E-state index in [1.54, 1.807) is 0 Å². The molecular weight excluding hydrogens is 237 g/mol. The van der Waals surface area contributed by atoms with Crippen LogP contribution in [0.3, 0.4) is 0 Å². The van der Waals surface area contributed by atoms with Crippen LogP contribution in [-0.2, 0) is 20.7 Å². The van der Waals surface area contributed by atoms with Gasteiger partial charge in [0.05, 0.1) is 15.9 Å². The van der Waals surface area contributed by atoms with Crippen molar-refractivity contribution in [1.29, 1.82) is 0 Å². The summed E-state index contributed by atoms with van der Waals surface area (Å²) in [5.74, 6) is -0.246. The smallest absolute Gasteiger partial charge is 0.505 e. The quantitative estimate of drug-likeness (QED) is 0.345. The molecule has 0 saturated heterocycles. The maximum Gasteiger partial charge on any atom is 0.725 e. The second-order valence-corrected chi connectivity index (χ2v) is 3.45. The van der Waals surface area contributed by atoms with Gasteiger partial charge in [-0.3, -0.25) is 9.78 Å². The van der Waals surface area contributed by atoms with Crippen molar-refractivity contribution in [3.05, 3.63) is 23.0 Å². The van der Waals surface area contributed by atoms with Crippen molar-refractivity contribution >= 4 is 14.5 Å². The molecule has 0 saturated carbocycles. The van der Waals surface area contributed by atoms with Crippen molar-refractivity contribution in [2.45, 2.75) is 13.5 Å². The Hall–Kier alpha value is -1.40. The van der Waals surface area contributed by atoms with Crippen LogP contribution in [0.5, 0.6) is 5.75 Å². The lowest BCUT2D eigenvalue weighted by Gasteiger charge is -2.05. The number of pyridine rings is 1. The molecule has 0 fully saturated rings. The fourth-order valence-electron chi connectivity index (χ4n) is 1.03. The Morgan fingerprint density at radius 3 is 2.88 bits per heavy atom. The Bertz CT molecular complexity index is 421. The SMILES string of the molecule is Cc1ncc(COO[P+](=O)O)c(C=O)c1O. The van der Waals surface area contributed by atoms with E-state index in [-0.39, 0.29) is 23.5 Å². The minimum Gasteiger partial charge on any atom is -0.505 e. The number of rotatable bonds is 5. The highest BCUT2D eigenvalue weighted by Crippen LogP contribution is 2.23. The summed E-state index contributed by atoms with van der Waals surface area (Å²) in [6.07, 6.45) is 1.76. The maximum atomic E-state index is 10.7. The molecule has 86 valence electrons. The highest BCUT2D eigenvalue weighted by Gasteiger charge is 2.16. The van der Waals surface area contributed by atoms with Crippen LogP contribution in [0.25, 0.3) is 0 Å². The zero-order chi connectivity index (χ0) is 12.1. The van der Waals surface area contributed by atoms with E-state index in [0.717, 1.165) is 0 Å². The van der Waals surface area contributed by atoms with Gasteiger partial charge >= 0.3 is 8.25 Å². The number of carbonyl (C=O) groups is 1. The topological polar surface area (TPSA) is 106 Å². The van der Waals surface area contributed by atoms with Crippen molar-refractivity contribution in [1.82, 2.24) is 4.98 Å². The first-order valence-electron chi connectivity index (χ1n) is 4.14. The number of carbonyl (C=O) groups excluding carboxylic acids is 1. The van der Waals surface area contributed by atoms with E-state index < -0.39 is 8.25 Å². The summed E-state index contributed by atoms with van der Waals surface area (Å²) in [7, 11) is -2.87. The molecule has 16 heavy (non-hydrogen) atoms. The van der Waals surface area contributed by atoms with Gasteiger partial charge < -0.3 is 5.11 Å². The molecule has 8 heteroatoms. The van der Waals surface area contributed by atoms with E-state index in [2.05, 4.69) is 14.5 Å². The van der Waals surface area contributed by atoms with Gasteiger partial charge in [-0.05, 0) is 6.92 Å². The zero-order valence-corrected chi connectivity index (χ0v) is 9.18. The maximum absolute atomic E-state index is 10.7. The first-order valence-corrected chi connectivity index (χ1v) is 5.27. The first kappa shape index (κ1) is 12.7. The largest absolute Gasteiger partial charge is 0.725 e. The third-order valence-corrected chi connectivity index (χ3v) is 2.04. The Labute approximate surface area is 91.5 Å². The number of aromatic nitrogens is 1. The fraction of sp³-hybridized carbons (Fsp3) is 0.250. The van der Waals surface area contributed by atoms with E-state index in [4.69, 9.17) is 4.89 Å². The molecule has 1 aromatic heterocycles. The summed E-state index contributed by atoms with van der Waals surface area (Å²) in [6.45, 7) is 1.27. The Balaban J connectivity index is 2.84. The van der Waals surface area contributed by atoms with Crippen molar-refractivity contribution in [2.75, 3.05) is 0 Å². The Morgan fingerprint density at radius 2 is 2.31 bits per heavy atom. The van der Waals surface area contributed by atoms with Crippen LogP contribution in [0.2, 0.25) is 0 Å². The van der Waals surface area contributed by atoms with Gasteiger partial charge in [-0.25, -0.2) is 0 Å². The zero-order valence-electron chi connectivity index (χ0n) is 8.28. The molecule has 0 aliphatic carbocycles. The number of nitrogens with zero attached hydrogens (tertiary/aromatic N) is 1. The molecule has 1 rings (SSSR count). The van der Waals surface area contributed by atoms with Gasteiger partial charge in [0, 0.05) is 16.3 Å². The van der Waals surface area contributed by atoms with Crippen molar-refractivity contribution in [3.63, 3.8) is 0 Å². The number of hydrogen-bond acceptors (Lipinski definition) is 6. The van der Waals surface area contributed by atoms with E-state index >= 15 is 0 Å². The molecule has 0 aliphatic rings. The highest BCUT2D eigenvalue weighted by molar-refractivity contribution is 7.31. The Kier molecular flexibility index (Phi) is 4.45. The Morgan fingerprint density at radius 1 is 1.62 bits per heavy atom. The van der Waals surface area contributed by atoms with Crippen LogP contribution in [0.15, 0.2) is 6.20 Å². The van der Waals surface area contributed by atoms with Crippen molar-refractivity contribution < 1.29 is 28.9 Å². The summed E-state index contributed by atoms with van der Waals surface area (Å²) in [5, 5.41) is 9.49. The summed E-state index contributed by atoms with van der Waals surface area (Å²) in [6, 6.07) is 0. The molecule has 7 nitrogen and oxygen atoms in total. The van der Waals surface area contributed by atoms with E-state index in [1.165, 1.54) is 13.1 Å². The minimum atomic E-state index is -2.87. The number of aromatic hydroxyl groups is 1. The van der Waals surface area contributed by atoms with Gasteiger partial charge in [0.25, 0.3) is 0 Å². The van der Waals surface area contributed by atoms with Crippen molar-refractivity contribution in [2.24, 2.45) is 0 Å². The second kappa shape index (κ2) is 5.62. The molecule has 0 amide bonds. The molecule has 1 atom stereocenters. The van der Waals surface area contributed by atoms with Gasteiger partial charge in [0.2, 0.25) is 0 Å². The first-order chi connectivity index (χ1) is 7.56. The predicted octanol–water partition coefficient (Wildman–Crippen LogP) is 1.01. The third-order valence-electron chi connectivity index (χ3n) is 1.81. The van der Waals surface area contributed by atoms with E-state index in [0.29, 0.717) is 12.0 Å². The molecule has 1 aromatic rings. The van der Waals surface area contributed by atoms with Crippen LogP contribution >= 0.6 is 8.25 Å². The lowest BCUT2D eigenvalue weighted by molar-refractivity contribution is -0.218.